The first-order valence-corrected chi connectivity index (χ1v) is 6.13. The van der Waals surface area contributed by atoms with E-state index in [1.165, 1.54) is 13.0 Å². The Labute approximate surface area is 117 Å². The Bertz CT molecular complexity index is 543. The van der Waals surface area contributed by atoms with Gasteiger partial charge in [-0.3, -0.25) is 0 Å². The number of carbonyl (C=O) groups is 2. The van der Waals surface area contributed by atoms with Crippen LogP contribution in [-0.2, 0) is 19.1 Å². The molecule has 0 heterocycles. The van der Waals surface area contributed by atoms with Gasteiger partial charge in [0.25, 0.3) is 0 Å². The molecule has 0 N–H and O–H groups in total. The zero-order valence-electron chi connectivity index (χ0n) is 11.3. The van der Waals surface area contributed by atoms with E-state index in [9.17, 15) is 9.59 Å². The number of hydrogen-bond donors (Lipinski definition) is 0. The number of benzene rings is 1. The summed E-state index contributed by atoms with van der Waals surface area (Å²) in [6.45, 7) is 3.25. The summed E-state index contributed by atoms with van der Waals surface area (Å²) in [5.74, 6) is -1.49. The van der Waals surface area contributed by atoms with E-state index >= 15 is 0 Å². The van der Waals surface area contributed by atoms with E-state index in [4.69, 9.17) is 14.7 Å². The van der Waals surface area contributed by atoms with E-state index in [1.807, 2.05) is 6.07 Å². The summed E-state index contributed by atoms with van der Waals surface area (Å²) in [5, 5.41) is 8.98. The smallest absolute Gasteiger partial charge is 0.349 e. The number of ether oxygens (including phenoxy) is 2. The molecule has 1 aromatic rings. The molecule has 0 aliphatic carbocycles. The minimum Gasteiger partial charge on any atom is -0.463 e. The average molecular weight is 273 g/mol. The van der Waals surface area contributed by atoms with Crippen LogP contribution in [0.5, 0.6) is 0 Å². The van der Waals surface area contributed by atoms with Crippen LogP contribution >= 0.6 is 0 Å². The number of hydrogen-bond acceptors (Lipinski definition) is 5. The molecule has 5 heteroatoms. The van der Waals surface area contributed by atoms with Crippen molar-refractivity contribution in [2.75, 3.05) is 6.61 Å². The first-order chi connectivity index (χ1) is 9.58. The van der Waals surface area contributed by atoms with Gasteiger partial charge in [0.1, 0.15) is 11.6 Å². The van der Waals surface area contributed by atoms with Crippen LogP contribution in [0.1, 0.15) is 19.4 Å². The normalized spacial score (nSPS) is 12.2. The molecule has 5 nitrogen and oxygen atoms in total. The first-order valence-electron chi connectivity index (χ1n) is 6.13. The van der Waals surface area contributed by atoms with Crippen LogP contribution in [0.25, 0.3) is 6.08 Å². The van der Waals surface area contributed by atoms with E-state index in [0.717, 1.165) is 0 Å². The summed E-state index contributed by atoms with van der Waals surface area (Å²) in [6, 6.07) is 10.7. The maximum atomic E-state index is 11.8. The molecule has 0 fully saturated rings. The molecule has 0 amide bonds. The molecule has 1 atom stereocenters. The highest BCUT2D eigenvalue weighted by Crippen LogP contribution is 2.09. The van der Waals surface area contributed by atoms with Crippen molar-refractivity contribution in [1.29, 1.82) is 5.26 Å². The van der Waals surface area contributed by atoms with Gasteiger partial charge in [-0.05, 0) is 25.5 Å². The first kappa shape index (κ1) is 15.4. The summed E-state index contributed by atoms with van der Waals surface area (Å²) < 4.78 is 9.60. The zero-order valence-corrected chi connectivity index (χ0v) is 11.3. The van der Waals surface area contributed by atoms with Crippen LogP contribution < -0.4 is 0 Å². The van der Waals surface area contributed by atoms with E-state index in [1.54, 1.807) is 37.3 Å². The third-order valence-electron chi connectivity index (χ3n) is 2.35. The van der Waals surface area contributed by atoms with Gasteiger partial charge >= 0.3 is 11.9 Å². The summed E-state index contributed by atoms with van der Waals surface area (Å²) in [7, 11) is 0. The number of nitrogens with zero attached hydrogens (tertiary/aromatic N) is 1. The van der Waals surface area contributed by atoms with Gasteiger partial charge in [-0.2, -0.15) is 5.26 Å². The van der Waals surface area contributed by atoms with Crippen LogP contribution in [0.15, 0.2) is 35.9 Å². The van der Waals surface area contributed by atoms with Crippen LogP contribution in [0.3, 0.4) is 0 Å². The molecule has 0 aliphatic heterocycles. The monoisotopic (exact) mass is 273 g/mol. The number of rotatable bonds is 5. The van der Waals surface area contributed by atoms with Gasteiger partial charge in [-0.1, -0.05) is 30.3 Å². The fourth-order valence-corrected chi connectivity index (χ4v) is 1.38. The molecule has 1 aromatic carbocycles. The fourth-order valence-electron chi connectivity index (χ4n) is 1.38. The van der Waals surface area contributed by atoms with Crippen molar-refractivity contribution in [1.82, 2.24) is 0 Å². The van der Waals surface area contributed by atoms with Crippen molar-refractivity contribution in [3.63, 3.8) is 0 Å². The van der Waals surface area contributed by atoms with Crippen LogP contribution in [0.2, 0.25) is 0 Å². The predicted molar refractivity (Wildman–Crippen MR) is 72.2 cm³/mol. The summed E-state index contributed by atoms with van der Waals surface area (Å²) in [5.41, 5.74) is 0.525. The predicted octanol–water partition coefficient (Wildman–Crippen LogP) is 2.09. The molecule has 1 unspecified atom stereocenters. The molecule has 0 aliphatic rings. The number of nitriles is 1. The molecule has 0 bridgehead atoms. The Morgan fingerprint density at radius 3 is 2.55 bits per heavy atom. The van der Waals surface area contributed by atoms with Gasteiger partial charge in [0.15, 0.2) is 6.10 Å². The Morgan fingerprint density at radius 1 is 1.35 bits per heavy atom. The second-order valence-corrected chi connectivity index (χ2v) is 3.88. The molecular formula is C15H15NO4. The lowest BCUT2D eigenvalue weighted by molar-refractivity contribution is -0.163. The van der Waals surface area contributed by atoms with Crippen molar-refractivity contribution < 1.29 is 19.1 Å². The molecule has 1 rings (SSSR count). The van der Waals surface area contributed by atoms with Gasteiger partial charge in [0.05, 0.1) is 6.61 Å². The van der Waals surface area contributed by atoms with E-state index in [2.05, 4.69) is 0 Å². The van der Waals surface area contributed by atoms with Crippen LogP contribution in [0, 0.1) is 11.3 Å². The molecule has 0 aromatic heterocycles. The van der Waals surface area contributed by atoms with E-state index < -0.39 is 18.0 Å². The lowest BCUT2D eigenvalue weighted by atomic mass is 10.1. The number of carbonyl (C=O) groups excluding carboxylic acids is 2. The van der Waals surface area contributed by atoms with Crippen molar-refractivity contribution in [3.8, 4) is 6.07 Å². The summed E-state index contributed by atoms with van der Waals surface area (Å²) in [4.78, 5) is 23.1. The third-order valence-corrected chi connectivity index (χ3v) is 2.35. The van der Waals surface area contributed by atoms with Gasteiger partial charge in [0.2, 0.25) is 0 Å². The van der Waals surface area contributed by atoms with Gasteiger partial charge in [-0.25, -0.2) is 9.59 Å². The van der Waals surface area contributed by atoms with Crippen molar-refractivity contribution in [2.45, 2.75) is 20.0 Å². The Balaban J connectivity index is 2.77. The molecule has 20 heavy (non-hydrogen) atoms. The minimum atomic E-state index is -1.05. The standard InChI is InChI=1S/C15H15NO4/c1-3-19-14(17)11(2)20-15(18)13(10-16)9-12-7-5-4-6-8-12/h4-9,11H,3H2,1-2H3/b13-9+. The second-order valence-electron chi connectivity index (χ2n) is 3.88. The highest BCUT2D eigenvalue weighted by atomic mass is 16.6. The van der Waals surface area contributed by atoms with E-state index in [0.29, 0.717) is 5.56 Å². The van der Waals surface area contributed by atoms with Crippen LogP contribution in [0.4, 0.5) is 0 Å². The van der Waals surface area contributed by atoms with Gasteiger partial charge in [-0.15, -0.1) is 0 Å². The van der Waals surface area contributed by atoms with Crippen molar-refractivity contribution in [2.24, 2.45) is 0 Å². The molecule has 0 saturated carbocycles. The Kier molecular flexibility index (Phi) is 5.98. The SMILES string of the molecule is CCOC(=O)C(C)OC(=O)/C(C#N)=C/c1ccccc1. The van der Waals surface area contributed by atoms with E-state index in [-0.39, 0.29) is 12.2 Å². The van der Waals surface area contributed by atoms with Crippen molar-refractivity contribution >= 4 is 18.0 Å². The lowest BCUT2D eigenvalue weighted by Gasteiger charge is -2.11. The minimum absolute atomic E-state index is 0.174. The van der Waals surface area contributed by atoms with Crippen molar-refractivity contribution in [3.05, 3.63) is 41.5 Å². The third kappa shape index (κ3) is 4.58. The molecule has 0 radical (unpaired) electrons. The summed E-state index contributed by atoms with van der Waals surface area (Å²) >= 11 is 0. The highest BCUT2D eigenvalue weighted by Gasteiger charge is 2.21. The Hall–Kier alpha value is -2.61. The van der Waals surface area contributed by atoms with Crippen LogP contribution in [-0.4, -0.2) is 24.6 Å². The molecule has 104 valence electrons. The summed E-state index contributed by atoms with van der Waals surface area (Å²) in [6.07, 6.45) is 0.357. The molecular weight excluding hydrogens is 258 g/mol. The van der Waals surface area contributed by atoms with Gasteiger partial charge < -0.3 is 9.47 Å². The lowest BCUT2D eigenvalue weighted by Crippen LogP contribution is -2.26. The maximum Gasteiger partial charge on any atom is 0.349 e. The van der Waals surface area contributed by atoms with Gasteiger partial charge in [0, 0.05) is 0 Å². The highest BCUT2D eigenvalue weighted by molar-refractivity contribution is 5.98. The topological polar surface area (TPSA) is 76.4 Å². The maximum absolute atomic E-state index is 11.8. The number of esters is 2. The second kappa shape index (κ2) is 7.74. The molecule has 0 saturated heterocycles. The zero-order chi connectivity index (χ0) is 15.0. The Morgan fingerprint density at radius 2 is 2.00 bits per heavy atom. The molecule has 0 spiro atoms. The quantitative estimate of drug-likeness (QED) is 0.466. The fraction of sp³-hybridized carbons (Fsp3) is 0.267. The largest absolute Gasteiger partial charge is 0.463 e. The average Bonchev–Trinajstić information content (AvgIpc) is 2.45.